The third kappa shape index (κ3) is 6.47. The van der Waals surface area contributed by atoms with Crippen molar-refractivity contribution in [2.24, 2.45) is 5.92 Å². The van der Waals surface area contributed by atoms with E-state index in [1.165, 1.54) is 0 Å². The Balaban J connectivity index is 2.47. The first-order valence-electron chi connectivity index (χ1n) is 9.28. The Kier molecular flexibility index (Phi) is 8.83. The fourth-order valence-electron chi connectivity index (χ4n) is 3.12. The van der Waals surface area contributed by atoms with E-state index >= 15 is 0 Å². The van der Waals surface area contributed by atoms with Crippen molar-refractivity contribution < 1.29 is 18.4 Å². The zero-order chi connectivity index (χ0) is 19.9. The molecule has 0 heterocycles. The number of carbonyl (C=O) groups excluding carboxylic acids is 2. The molecule has 0 bridgehead atoms. The second kappa shape index (κ2) is 10.3. The molecule has 1 aliphatic rings. The first-order valence-corrected chi connectivity index (χ1v) is 9.28. The van der Waals surface area contributed by atoms with Gasteiger partial charge >= 0.3 is 0 Å². The minimum Gasteiger partial charge on any atom is -0.289 e. The van der Waals surface area contributed by atoms with E-state index in [-0.39, 0.29) is 11.6 Å². The molecule has 0 amide bonds. The van der Waals surface area contributed by atoms with Gasteiger partial charge in [0.25, 0.3) is 6.08 Å². The van der Waals surface area contributed by atoms with Crippen LogP contribution in [-0.2, 0) is 9.59 Å². The van der Waals surface area contributed by atoms with Crippen molar-refractivity contribution in [3.63, 3.8) is 0 Å². The van der Waals surface area contributed by atoms with Crippen LogP contribution in [0.2, 0.25) is 0 Å². The fourth-order valence-corrected chi connectivity index (χ4v) is 3.12. The number of halogens is 2. The second-order valence-corrected chi connectivity index (χ2v) is 7.32. The van der Waals surface area contributed by atoms with Gasteiger partial charge in [-0.3, -0.25) is 9.59 Å². The highest BCUT2D eigenvalue weighted by Crippen LogP contribution is 2.28. The smallest absolute Gasteiger partial charge is 0.266 e. The molecule has 0 spiro atoms. The lowest BCUT2D eigenvalue weighted by Crippen LogP contribution is -2.21. The van der Waals surface area contributed by atoms with Gasteiger partial charge in [-0.2, -0.15) is 8.78 Å². The van der Waals surface area contributed by atoms with E-state index < -0.39 is 6.08 Å². The molecule has 1 atom stereocenters. The van der Waals surface area contributed by atoms with E-state index in [4.69, 9.17) is 0 Å². The van der Waals surface area contributed by atoms with Gasteiger partial charge < -0.3 is 0 Å². The lowest BCUT2D eigenvalue weighted by Gasteiger charge is -2.20. The molecule has 0 aromatic heterocycles. The Hall–Kier alpha value is -1.84. The van der Waals surface area contributed by atoms with Crippen LogP contribution < -0.4 is 0 Å². The van der Waals surface area contributed by atoms with Crippen LogP contribution in [-0.4, -0.2) is 11.6 Å². The highest BCUT2D eigenvalue weighted by Gasteiger charge is 2.27. The summed E-state index contributed by atoms with van der Waals surface area (Å²) in [7, 11) is 0. The summed E-state index contributed by atoms with van der Waals surface area (Å²) in [5.41, 5.74) is 3.51. The molecule has 0 saturated carbocycles. The van der Waals surface area contributed by atoms with E-state index in [1.807, 2.05) is 6.92 Å². The van der Waals surface area contributed by atoms with Gasteiger partial charge in [-0.1, -0.05) is 18.6 Å². The molecule has 2 nitrogen and oxygen atoms in total. The van der Waals surface area contributed by atoms with Crippen molar-refractivity contribution >= 4 is 11.6 Å². The maximum absolute atomic E-state index is 12.4. The Labute approximate surface area is 155 Å². The molecule has 0 radical (unpaired) electrons. The molecular weight excluding hydrogens is 334 g/mol. The van der Waals surface area contributed by atoms with Crippen molar-refractivity contribution in [1.82, 2.24) is 0 Å². The Morgan fingerprint density at radius 2 is 1.54 bits per heavy atom. The highest BCUT2D eigenvalue weighted by molar-refractivity contribution is 6.24. The van der Waals surface area contributed by atoms with Crippen molar-refractivity contribution in [2.45, 2.75) is 73.1 Å². The molecule has 0 aromatic rings. The van der Waals surface area contributed by atoms with Gasteiger partial charge in [-0.05, 0) is 78.2 Å². The maximum Gasteiger partial charge on any atom is 0.266 e. The molecule has 1 aliphatic carbocycles. The Morgan fingerprint density at radius 1 is 0.923 bits per heavy atom. The van der Waals surface area contributed by atoms with Gasteiger partial charge in [0.05, 0.1) is 0 Å². The van der Waals surface area contributed by atoms with Crippen molar-refractivity contribution in [3.8, 4) is 0 Å². The number of ketones is 2. The summed E-state index contributed by atoms with van der Waals surface area (Å²) in [5, 5.41) is 0. The van der Waals surface area contributed by atoms with E-state index in [9.17, 15) is 18.4 Å². The summed E-state index contributed by atoms with van der Waals surface area (Å²) in [5.74, 6) is 0.426. The van der Waals surface area contributed by atoms with Crippen molar-refractivity contribution in [2.75, 3.05) is 0 Å². The molecular formula is C22H30F2O2. The summed E-state index contributed by atoms with van der Waals surface area (Å²) >= 11 is 0. The van der Waals surface area contributed by atoms with E-state index in [1.54, 1.807) is 20.8 Å². The Morgan fingerprint density at radius 3 is 2.15 bits per heavy atom. The molecule has 0 N–H and O–H groups in total. The molecule has 26 heavy (non-hydrogen) atoms. The first-order chi connectivity index (χ1) is 12.1. The maximum atomic E-state index is 12.4. The lowest BCUT2D eigenvalue weighted by atomic mass is 9.82. The van der Waals surface area contributed by atoms with Crippen LogP contribution in [0.1, 0.15) is 73.1 Å². The number of rotatable bonds is 9. The molecule has 0 unspecified atom stereocenters. The first kappa shape index (κ1) is 22.2. The standard InChI is InChI=1S/C22H30F2O2/c1-14(10-7-11-20(23)24)8-6-9-15(2)12-13-19-18(5)21(25)16(3)17(4)22(19)26/h8,11,15H,6-7,9-10,12-13H2,1-5H3/b14-8+/t15-/m1/s1. The summed E-state index contributed by atoms with van der Waals surface area (Å²) in [6, 6.07) is 0. The second-order valence-electron chi connectivity index (χ2n) is 7.32. The van der Waals surface area contributed by atoms with Gasteiger partial charge in [-0.15, -0.1) is 0 Å². The quantitative estimate of drug-likeness (QED) is 0.346. The van der Waals surface area contributed by atoms with Crippen molar-refractivity contribution in [1.29, 1.82) is 0 Å². The predicted molar refractivity (Wildman–Crippen MR) is 102 cm³/mol. The monoisotopic (exact) mass is 364 g/mol. The van der Waals surface area contributed by atoms with Gasteiger partial charge in [0.1, 0.15) is 0 Å². The largest absolute Gasteiger partial charge is 0.289 e. The summed E-state index contributed by atoms with van der Waals surface area (Å²) in [6.45, 7) is 9.29. The zero-order valence-corrected chi connectivity index (χ0v) is 16.5. The molecule has 0 aliphatic heterocycles. The lowest BCUT2D eigenvalue weighted by molar-refractivity contribution is -0.116. The number of carbonyl (C=O) groups is 2. The molecule has 4 heteroatoms. The highest BCUT2D eigenvalue weighted by atomic mass is 19.3. The average Bonchev–Trinajstić information content (AvgIpc) is 2.58. The van der Waals surface area contributed by atoms with Gasteiger partial charge in [0, 0.05) is 22.3 Å². The van der Waals surface area contributed by atoms with Crippen LogP contribution in [0, 0.1) is 5.92 Å². The number of hydrogen-bond donors (Lipinski definition) is 0. The Bertz CT molecular complexity index is 674. The molecule has 0 fully saturated rings. The zero-order valence-electron chi connectivity index (χ0n) is 16.5. The topological polar surface area (TPSA) is 34.1 Å². The fraction of sp³-hybridized carbons (Fsp3) is 0.545. The summed E-state index contributed by atoms with van der Waals surface area (Å²) in [6.07, 6.45) is 5.84. The van der Waals surface area contributed by atoms with Gasteiger partial charge in [0.15, 0.2) is 11.6 Å². The molecule has 0 aromatic carbocycles. The number of hydrogen-bond acceptors (Lipinski definition) is 2. The molecule has 1 rings (SSSR count). The number of Topliss-reactive ketones (excluding diaryl/α,β-unsaturated/α-hetero) is 2. The normalized spacial score (nSPS) is 17.1. The number of allylic oxidation sites excluding steroid dienone is 7. The molecule has 0 saturated heterocycles. The van der Waals surface area contributed by atoms with E-state index in [2.05, 4.69) is 13.0 Å². The predicted octanol–water partition coefficient (Wildman–Crippen LogP) is 6.49. The third-order valence-corrected chi connectivity index (χ3v) is 5.19. The van der Waals surface area contributed by atoms with Gasteiger partial charge in [0.2, 0.25) is 0 Å². The van der Waals surface area contributed by atoms with Crippen LogP contribution in [0.5, 0.6) is 0 Å². The van der Waals surface area contributed by atoms with Crippen LogP contribution in [0.4, 0.5) is 8.78 Å². The van der Waals surface area contributed by atoms with Crippen molar-refractivity contribution in [3.05, 3.63) is 46.1 Å². The summed E-state index contributed by atoms with van der Waals surface area (Å²) < 4.78 is 24.0. The SMILES string of the molecule is CC1=C(C)C(=O)C(CC[C@H](C)CC/C=C(\C)CCC=C(F)F)=C(C)C1=O. The van der Waals surface area contributed by atoms with Crippen LogP contribution in [0.15, 0.2) is 46.1 Å². The average molecular weight is 364 g/mol. The van der Waals surface area contributed by atoms with Crippen LogP contribution in [0.25, 0.3) is 0 Å². The third-order valence-electron chi connectivity index (χ3n) is 5.19. The van der Waals surface area contributed by atoms with E-state index in [0.29, 0.717) is 47.5 Å². The van der Waals surface area contributed by atoms with Gasteiger partial charge in [-0.25, -0.2) is 0 Å². The van der Waals surface area contributed by atoms with Crippen LogP contribution >= 0.6 is 0 Å². The summed E-state index contributed by atoms with van der Waals surface area (Å²) in [4.78, 5) is 24.6. The minimum absolute atomic E-state index is 0.00990. The minimum atomic E-state index is -1.62. The molecule has 144 valence electrons. The van der Waals surface area contributed by atoms with Crippen LogP contribution in [0.3, 0.4) is 0 Å². The van der Waals surface area contributed by atoms with E-state index in [0.717, 1.165) is 30.9 Å².